The highest BCUT2D eigenvalue weighted by Gasteiger charge is 2.28. The molecule has 0 aliphatic rings. The number of nitrogens with one attached hydrogen (secondary N) is 3. The van der Waals surface area contributed by atoms with Crippen molar-refractivity contribution in [2.24, 2.45) is 5.73 Å². The predicted octanol–water partition coefficient (Wildman–Crippen LogP) is -0.204. The van der Waals surface area contributed by atoms with Crippen molar-refractivity contribution in [2.45, 2.75) is 6.10 Å². The number of rotatable bonds is 8. The Kier molecular flexibility index (Phi) is 10.4. The van der Waals surface area contributed by atoms with Gasteiger partial charge in [-0.1, -0.05) is 0 Å². The summed E-state index contributed by atoms with van der Waals surface area (Å²) in [5.41, 5.74) is 5.65. The Labute approximate surface area is 195 Å². The number of amides is 4. The van der Waals surface area contributed by atoms with E-state index in [4.69, 9.17) is 15.9 Å². The third kappa shape index (κ3) is 6.51. The number of carbonyl (C=O) groups excluding carboxylic acids is 3. The van der Waals surface area contributed by atoms with Gasteiger partial charge in [0.25, 0.3) is 11.8 Å². The largest absolute Gasteiger partial charge is 0.395 e. The summed E-state index contributed by atoms with van der Waals surface area (Å²) < 4.78 is 1.06. The molecule has 1 unspecified atom stereocenters. The van der Waals surface area contributed by atoms with Crippen LogP contribution < -0.4 is 21.7 Å². The SMILES string of the molecule is NC(=O)Nc1c(I)c(C(=O)NCCO)c(I)c(C(=O)NCC(O)CO)c1I. The molecule has 0 radical (unpaired) electrons. The Bertz CT molecular complexity index is 746. The molecule has 0 saturated carbocycles. The number of anilines is 1. The summed E-state index contributed by atoms with van der Waals surface area (Å²) in [6, 6.07) is -0.865. The summed E-state index contributed by atoms with van der Waals surface area (Å²) in [5.74, 6) is -1.14. The lowest BCUT2D eigenvalue weighted by Crippen LogP contribution is -2.36. The molecular weight excluding hydrogens is 701 g/mol. The van der Waals surface area contributed by atoms with Crippen molar-refractivity contribution in [1.82, 2.24) is 10.6 Å². The lowest BCUT2D eigenvalue weighted by molar-refractivity contribution is 0.0800. The molecule has 0 aliphatic heterocycles. The van der Waals surface area contributed by atoms with Gasteiger partial charge in [-0.05, 0) is 67.8 Å². The minimum absolute atomic E-state index is 0.0137. The van der Waals surface area contributed by atoms with Gasteiger partial charge < -0.3 is 37.0 Å². The standard InChI is InChI=1S/C14H17I3N4O6/c15-8-6(12(25)19-1-2-22)9(16)11(21-14(18)27)10(17)7(8)13(26)20-3-5(24)4-23/h5,22-24H,1-4H2,(H,19,25)(H,20,26)(H3,18,21,27). The molecule has 0 aromatic heterocycles. The molecule has 4 amide bonds. The maximum Gasteiger partial charge on any atom is 0.316 e. The van der Waals surface area contributed by atoms with E-state index in [1.54, 1.807) is 0 Å². The molecule has 1 aromatic rings. The van der Waals surface area contributed by atoms with E-state index in [0.717, 1.165) is 0 Å². The van der Waals surface area contributed by atoms with E-state index >= 15 is 0 Å². The maximum absolute atomic E-state index is 12.6. The average Bonchev–Trinajstić information content (AvgIpc) is 2.61. The summed E-state index contributed by atoms with van der Waals surface area (Å²) in [4.78, 5) is 36.5. The first-order valence-corrected chi connectivity index (χ1v) is 10.6. The summed E-state index contributed by atoms with van der Waals surface area (Å²) in [6.07, 6.45) is -1.14. The highest BCUT2D eigenvalue weighted by Crippen LogP contribution is 2.35. The number of carbonyl (C=O) groups is 3. The summed E-state index contributed by atoms with van der Waals surface area (Å²) in [5, 5.41) is 34.6. The molecule has 1 aromatic carbocycles. The van der Waals surface area contributed by atoms with E-state index in [9.17, 15) is 19.5 Å². The van der Waals surface area contributed by atoms with E-state index in [1.807, 2.05) is 67.8 Å². The van der Waals surface area contributed by atoms with E-state index < -0.39 is 30.6 Å². The summed E-state index contributed by atoms with van der Waals surface area (Å²) in [6.45, 7) is -0.968. The van der Waals surface area contributed by atoms with Crippen molar-refractivity contribution >= 4 is 91.3 Å². The topological polar surface area (TPSA) is 174 Å². The van der Waals surface area contributed by atoms with Crippen LogP contribution in [0.1, 0.15) is 20.7 Å². The van der Waals surface area contributed by atoms with E-state index in [-0.39, 0.29) is 36.5 Å². The molecule has 10 nitrogen and oxygen atoms in total. The van der Waals surface area contributed by atoms with Gasteiger partial charge in [-0.3, -0.25) is 9.59 Å². The predicted molar refractivity (Wildman–Crippen MR) is 123 cm³/mol. The molecule has 0 bridgehead atoms. The highest BCUT2D eigenvalue weighted by molar-refractivity contribution is 14.1. The lowest BCUT2D eigenvalue weighted by Gasteiger charge is -2.19. The minimum atomic E-state index is -1.14. The van der Waals surface area contributed by atoms with Crippen LogP contribution in [0.4, 0.5) is 10.5 Å². The molecule has 0 aliphatic carbocycles. The first-order chi connectivity index (χ1) is 12.6. The number of benzene rings is 1. The smallest absolute Gasteiger partial charge is 0.316 e. The first kappa shape index (κ1) is 24.5. The van der Waals surface area contributed by atoms with E-state index in [1.165, 1.54) is 0 Å². The molecule has 8 N–H and O–H groups in total. The Hall–Kier alpha value is -0.500. The van der Waals surface area contributed by atoms with Crippen molar-refractivity contribution in [1.29, 1.82) is 0 Å². The Morgan fingerprint density at radius 3 is 1.93 bits per heavy atom. The van der Waals surface area contributed by atoms with Crippen LogP contribution in [0.15, 0.2) is 0 Å². The minimum Gasteiger partial charge on any atom is -0.395 e. The van der Waals surface area contributed by atoms with Crippen LogP contribution in [0.3, 0.4) is 0 Å². The number of urea groups is 1. The van der Waals surface area contributed by atoms with Gasteiger partial charge in [-0.15, -0.1) is 0 Å². The molecule has 1 atom stereocenters. The van der Waals surface area contributed by atoms with Crippen LogP contribution in [0.2, 0.25) is 0 Å². The summed E-state index contributed by atoms with van der Waals surface area (Å²) >= 11 is 5.56. The zero-order chi connectivity index (χ0) is 20.7. The molecule has 13 heteroatoms. The van der Waals surface area contributed by atoms with Crippen molar-refractivity contribution in [3.63, 3.8) is 0 Å². The number of primary amides is 1. The maximum atomic E-state index is 12.6. The Morgan fingerprint density at radius 1 is 0.963 bits per heavy atom. The van der Waals surface area contributed by atoms with Gasteiger partial charge in [0.05, 0.1) is 43.3 Å². The van der Waals surface area contributed by atoms with Crippen molar-refractivity contribution in [3.8, 4) is 0 Å². The van der Waals surface area contributed by atoms with Crippen LogP contribution >= 0.6 is 67.8 Å². The van der Waals surface area contributed by atoms with Crippen molar-refractivity contribution in [2.75, 3.05) is 31.6 Å². The number of hydrogen-bond donors (Lipinski definition) is 7. The van der Waals surface area contributed by atoms with E-state index in [0.29, 0.717) is 10.7 Å². The van der Waals surface area contributed by atoms with Crippen molar-refractivity contribution < 1.29 is 29.7 Å². The third-order valence-corrected chi connectivity index (χ3v) is 6.36. The van der Waals surface area contributed by atoms with Gasteiger partial charge in [-0.25, -0.2) is 4.79 Å². The first-order valence-electron chi connectivity index (χ1n) is 7.38. The molecule has 0 fully saturated rings. The number of halogens is 3. The monoisotopic (exact) mass is 718 g/mol. The molecular formula is C14H17I3N4O6. The second-order valence-electron chi connectivity index (χ2n) is 5.08. The molecule has 0 heterocycles. The Morgan fingerprint density at radius 2 is 1.48 bits per heavy atom. The lowest BCUT2D eigenvalue weighted by atomic mass is 10.1. The van der Waals surface area contributed by atoms with Gasteiger partial charge in [0, 0.05) is 16.7 Å². The molecule has 1 rings (SSSR count). The second kappa shape index (κ2) is 11.5. The van der Waals surface area contributed by atoms with Crippen LogP contribution in [0.5, 0.6) is 0 Å². The zero-order valence-corrected chi connectivity index (χ0v) is 20.2. The van der Waals surface area contributed by atoms with Gasteiger partial charge in [0.15, 0.2) is 0 Å². The fraction of sp³-hybridized carbons (Fsp3) is 0.357. The fourth-order valence-electron chi connectivity index (χ4n) is 1.92. The van der Waals surface area contributed by atoms with E-state index in [2.05, 4.69) is 16.0 Å². The number of nitrogens with two attached hydrogens (primary N) is 1. The normalized spacial score (nSPS) is 11.6. The third-order valence-electron chi connectivity index (χ3n) is 3.13. The number of hydrogen-bond acceptors (Lipinski definition) is 6. The van der Waals surface area contributed by atoms with Gasteiger partial charge in [-0.2, -0.15) is 0 Å². The molecule has 0 spiro atoms. The van der Waals surface area contributed by atoms with Gasteiger partial charge in [0.2, 0.25) is 0 Å². The van der Waals surface area contributed by atoms with Gasteiger partial charge >= 0.3 is 6.03 Å². The number of aliphatic hydroxyl groups excluding tert-OH is 3. The fourth-order valence-corrected chi connectivity index (χ4v) is 6.33. The highest BCUT2D eigenvalue weighted by atomic mass is 127. The molecule has 27 heavy (non-hydrogen) atoms. The average molecular weight is 718 g/mol. The van der Waals surface area contributed by atoms with Crippen molar-refractivity contribution in [3.05, 3.63) is 21.8 Å². The molecule has 150 valence electrons. The summed E-state index contributed by atoms with van der Waals surface area (Å²) in [7, 11) is 0. The van der Waals surface area contributed by atoms with Crippen LogP contribution in [0, 0.1) is 10.7 Å². The second-order valence-corrected chi connectivity index (χ2v) is 8.32. The van der Waals surface area contributed by atoms with Gasteiger partial charge in [0.1, 0.15) is 0 Å². The van der Waals surface area contributed by atoms with Crippen LogP contribution in [-0.2, 0) is 0 Å². The molecule has 0 saturated heterocycles. The Balaban J connectivity index is 3.49. The zero-order valence-electron chi connectivity index (χ0n) is 13.7. The van der Waals surface area contributed by atoms with Crippen LogP contribution in [-0.4, -0.2) is 65.6 Å². The quantitative estimate of drug-likeness (QED) is 0.184. The van der Waals surface area contributed by atoms with Crippen LogP contribution in [0.25, 0.3) is 0 Å². The number of aliphatic hydroxyl groups is 3.